The lowest BCUT2D eigenvalue weighted by molar-refractivity contribution is -0.134. The highest BCUT2D eigenvalue weighted by molar-refractivity contribution is 5.76. The van der Waals surface area contributed by atoms with Crippen molar-refractivity contribution >= 4 is 5.91 Å². The average Bonchev–Trinajstić information content (AvgIpc) is 3.32. The zero-order valence-electron chi connectivity index (χ0n) is 15.6. The maximum absolute atomic E-state index is 12.5. The average molecular weight is 358 g/mol. The summed E-state index contributed by atoms with van der Waals surface area (Å²) < 4.78 is 11.8. The number of hydrogen-bond donors (Lipinski definition) is 0. The molecule has 3 heterocycles. The van der Waals surface area contributed by atoms with Crippen LogP contribution in [0.1, 0.15) is 51.4 Å². The second-order valence-corrected chi connectivity index (χ2v) is 8.37. The number of amides is 1. The Morgan fingerprint density at radius 2 is 2.12 bits per heavy atom. The summed E-state index contributed by atoms with van der Waals surface area (Å²) in [6.07, 6.45) is 12.7. The number of nitrogens with zero attached hydrogens (tertiary/aromatic N) is 2. The molecule has 26 heavy (non-hydrogen) atoms. The number of pyridine rings is 1. The SMILES string of the molecule is O=C(CC1CCCC1)N1CCC2(CC1)COC(COc1cccnc1)C2. The molecule has 1 aromatic heterocycles. The highest BCUT2D eigenvalue weighted by Gasteiger charge is 2.43. The topological polar surface area (TPSA) is 51.7 Å². The number of hydrogen-bond acceptors (Lipinski definition) is 4. The van der Waals surface area contributed by atoms with Crippen LogP contribution in [0.2, 0.25) is 0 Å². The van der Waals surface area contributed by atoms with Crippen molar-refractivity contribution in [1.29, 1.82) is 0 Å². The smallest absolute Gasteiger partial charge is 0.222 e. The van der Waals surface area contributed by atoms with Crippen LogP contribution in [0.4, 0.5) is 0 Å². The second-order valence-electron chi connectivity index (χ2n) is 8.37. The number of rotatable bonds is 5. The number of likely N-dealkylation sites (tertiary alicyclic amines) is 1. The van der Waals surface area contributed by atoms with Crippen LogP contribution in [0.5, 0.6) is 5.75 Å². The molecule has 1 aliphatic carbocycles. The molecule has 0 N–H and O–H groups in total. The molecule has 0 radical (unpaired) electrons. The van der Waals surface area contributed by atoms with Crippen LogP contribution < -0.4 is 4.74 Å². The van der Waals surface area contributed by atoms with Gasteiger partial charge in [-0.25, -0.2) is 0 Å². The largest absolute Gasteiger partial charge is 0.489 e. The molecule has 5 heteroatoms. The first kappa shape index (κ1) is 17.8. The maximum atomic E-state index is 12.5. The van der Waals surface area contributed by atoms with Crippen LogP contribution in [0.3, 0.4) is 0 Å². The van der Waals surface area contributed by atoms with Crippen LogP contribution in [0.25, 0.3) is 0 Å². The first-order chi connectivity index (χ1) is 12.7. The molecule has 5 nitrogen and oxygen atoms in total. The Balaban J connectivity index is 1.22. The number of carbonyl (C=O) groups is 1. The Morgan fingerprint density at radius 1 is 1.31 bits per heavy atom. The molecule has 1 aromatic rings. The molecular formula is C21H30N2O3. The molecule has 1 spiro atoms. The molecule has 3 fully saturated rings. The van der Waals surface area contributed by atoms with E-state index in [0.29, 0.717) is 18.4 Å². The first-order valence-corrected chi connectivity index (χ1v) is 10.1. The van der Waals surface area contributed by atoms with Gasteiger partial charge < -0.3 is 14.4 Å². The van der Waals surface area contributed by atoms with Crippen LogP contribution in [-0.2, 0) is 9.53 Å². The predicted octanol–water partition coefficient (Wildman–Crippen LogP) is 3.44. The summed E-state index contributed by atoms with van der Waals surface area (Å²) in [7, 11) is 0. The lowest BCUT2D eigenvalue weighted by atomic mass is 9.76. The molecular weight excluding hydrogens is 328 g/mol. The summed E-state index contributed by atoms with van der Waals surface area (Å²) in [5.74, 6) is 1.81. The second kappa shape index (κ2) is 7.95. The number of carbonyl (C=O) groups excluding carboxylic acids is 1. The number of aromatic nitrogens is 1. The fourth-order valence-corrected chi connectivity index (χ4v) is 4.79. The van der Waals surface area contributed by atoms with Gasteiger partial charge in [0.15, 0.2) is 0 Å². The van der Waals surface area contributed by atoms with Crippen LogP contribution in [-0.4, -0.2) is 48.2 Å². The van der Waals surface area contributed by atoms with Gasteiger partial charge in [0.05, 0.1) is 18.9 Å². The molecule has 1 saturated carbocycles. The van der Waals surface area contributed by atoms with Gasteiger partial charge in [0, 0.05) is 25.7 Å². The van der Waals surface area contributed by atoms with Crippen molar-refractivity contribution in [2.45, 2.75) is 57.5 Å². The van der Waals surface area contributed by atoms with E-state index in [1.807, 2.05) is 12.1 Å². The lowest BCUT2D eigenvalue weighted by Crippen LogP contribution is -2.44. The molecule has 1 amide bonds. The Hall–Kier alpha value is -1.62. The first-order valence-electron chi connectivity index (χ1n) is 10.1. The quantitative estimate of drug-likeness (QED) is 0.809. The summed E-state index contributed by atoms with van der Waals surface area (Å²) in [5.41, 5.74) is 0.243. The Labute approximate surface area is 156 Å². The normalized spacial score (nSPS) is 25.7. The standard InChI is InChI=1S/C21H30N2O3/c24-20(12-17-4-1-2-5-17)23-10-7-21(8-11-23)13-19(26-16-21)15-25-18-6-3-9-22-14-18/h3,6,9,14,17,19H,1-2,4-5,7-8,10-13,15-16H2. The predicted molar refractivity (Wildman–Crippen MR) is 98.9 cm³/mol. The van der Waals surface area contributed by atoms with Crippen molar-refractivity contribution < 1.29 is 14.3 Å². The van der Waals surface area contributed by atoms with Gasteiger partial charge in [0.25, 0.3) is 0 Å². The van der Waals surface area contributed by atoms with E-state index in [1.165, 1.54) is 25.7 Å². The molecule has 0 aromatic carbocycles. The Bertz CT molecular complexity index is 593. The number of piperidine rings is 1. The Morgan fingerprint density at radius 3 is 2.85 bits per heavy atom. The minimum Gasteiger partial charge on any atom is -0.489 e. The zero-order valence-corrected chi connectivity index (χ0v) is 15.6. The molecule has 1 unspecified atom stereocenters. The number of ether oxygens (including phenoxy) is 2. The maximum Gasteiger partial charge on any atom is 0.222 e. The minimum absolute atomic E-state index is 0.149. The van der Waals surface area contributed by atoms with Crippen molar-refractivity contribution in [3.8, 4) is 5.75 Å². The van der Waals surface area contributed by atoms with Gasteiger partial charge in [-0.15, -0.1) is 0 Å². The summed E-state index contributed by atoms with van der Waals surface area (Å²) in [4.78, 5) is 18.7. The summed E-state index contributed by atoms with van der Waals surface area (Å²) in [6, 6.07) is 3.80. The van der Waals surface area contributed by atoms with Crippen molar-refractivity contribution in [2.24, 2.45) is 11.3 Å². The van der Waals surface area contributed by atoms with Gasteiger partial charge in [0.2, 0.25) is 5.91 Å². The van der Waals surface area contributed by atoms with E-state index >= 15 is 0 Å². The third kappa shape index (κ3) is 4.20. The van der Waals surface area contributed by atoms with Gasteiger partial charge in [-0.05, 0) is 55.6 Å². The molecule has 2 aliphatic heterocycles. The third-order valence-electron chi connectivity index (χ3n) is 6.47. The van der Waals surface area contributed by atoms with Gasteiger partial charge in [-0.1, -0.05) is 12.8 Å². The highest BCUT2D eigenvalue weighted by Crippen LogP contribution is 2.42. The van der Waals surface area contributed by atoms with Crippen molar-refractivity contribution in [3.63, 3.8) is 0 Å². The summed E-state index contributed by atoms with van der Waals surface area (Å²) in [5, 5.41) is 0. The third-order valence-corrected chi connectivity index (χ3v) is 6.47. The van der Waals surface area contributed by atoms with Gasteiger partial charge in [-0.2, -0.15) is 0 Å². The fraction of sp³-hybridized carbons (Fsp3) is 0.714. The molecule has 3 aliphatic rings. The van der Waals surface area contributed by atoms with Gasteiger partial charge >= 0.3 is 0 Å². The van der Waals surface area contributed by atoms with Crippen LogP contribution >= 0.6 is 0 Å². The van der Waals surface area contributed by atoms with E-state index in [1.54, 1.807) is 12.4 Å². The lowest BCUT2D eigenvalue weighted by Gasteiger charge is -2.38. The van der Waals surface area contributed by atoms with E-state index in [2.05, 4.69) is 9.88 Å². The van der Waals surface area contributed by atoms with E-state index in [4.69, 9.17) is 9.47 Å². The molecule has 2 saturated heterocycles. The van der Waals surface area contributed by atoms with E-state index in [9.17, 15) is 4.79 Å². The molecule has 142 valence electrons. The van der Waals surface area contributed by atoms with Crippen molar-refractivity contribution in [2.75, 3.05) is 26.3 Å². The van der Waals surface area contributed by atoms with Crippen LogP contribution in [0.15, 0.2) is 24.5 Å². The minimum atomic E-state index is 0.149. The fourth-order valence-electron chi connectivity index (χ4n) is 4.79. The summed E-state index contributed by atoms with van der Waals surface area (Å²) >= 11 is 0. The monoisotopic (exact) mass is 358 g/mol. The zero-order chi connectivity index (χ0) is 17.8. The van der Waals surface area contributed by atoms with Gasteiger partial charge in [0.1, 0.15) is 12.4 Å². The van der Waals surface area contributed by atoms with Gasteiger partial charge in [-0.3, -0.25) is 9.78 Å². The highest BCUT2D eigenvalue weighted by atomic mass is 16.5. The summed E-state index contributed by atoms with van der Waals surface area (Å²) in [6.45, 7) is 3.17. The molecule has 4 rings (SSSR count). The van der Waals surface area contributed by atoms with E-state index in [0.717, 1.165) is 51.1 Å². The van der Waals surface area contributed by atoms with E-state index < -0.39 is 0 Å². The molecule has 0 bridgehead atoms. The van der Waals surface area contributed by atoms with Crippen molar-refractivity contribution in [1.82, 2.24) is 9.88 Å². The van der Waals surface area contributed by atoms with Crippen LogP contribution in [0, 0.1) is 11.3 Å². The van der Waals surface area contributed by atoms with Crippen molar-refractivity contribution in [3.05, 3.63) is 24.5 Å². The van der Waals surface area contributed by atoms with E-state index in [-0.39, 0.29) is 11.5 Å². The molecule has 1 atom stereocenters. The Kier molecular flexibility index (Phi) is 5.44.